The molecule has 3 nitrogen and oxygen atoms in total. The number of nitrogens with zero attached hydrogens (tertiary/aromatic N) is 3. The van der Waals surface area contributed by atoms with Gasteiger partial charge in [-0.25, -0.2) is 9.97 Å². The molecule has 3 aromatic heterocycles. The second-order valence-corrected chi connectivity index (χ2v) is 12.1. The zero-order valence-electron chi connectivity index (χ0n) is 23.7. The maximum atomic E-state index is 5.36. The zero-order chi connectivity index (χ0) is 29.0. The highest BCUT2D eigenvalue weighted by molar-refractivity contribution is 7.26. The van der Waals surface area contributed by atoms with Crippen LogP contribution in [0.1, 0.15) is 0 Å². The SMILES string of the molecule is c1ccc(-c2cc(-c3cccc4c5ccccc5n(-c5ccccc5)c34)nc(-c3cccc4c3sc3ccccc34)n2)cc1. The standard InChI is InChI=1S/C40H25N3S/c1-3-13-26(14-4-1)34-25-35(42-40(41-34)33-22-12-20-31-29-18-8-10-24-37(29)44-39(31)33)32-21-11-19-30-28-17-7-9-23-36(28)43(38(30)32)27-15-5-2-6-16-27/h1-25H. The molecular formula is C40H25N3S. The summed E-state index contributed by atoms with van der Waals surface area (Å²) in [6.45, 7) is 0. The van der Waals surface area contributed by atoms with E-state index in [0.29, 0.717) is 0 Å². The van der Waals surface area contributed by atoms with Crippen molar-refractivity contribution in [1.29, 1.82) is 0 Å². The molecule has 3 heterocycles. The molecule has 0 amide bonds. The molecule has 0 aliphatic rings. The Balaban J connectivity index is 1.37. The Bertz CT molecular complexity index is 2490. The van der Waals surface area contributed by atoms with Crippen molar-refractivity contribution in [3.05, 3.63) is 152 Å². The lowest BCUT2D eigenvalue weighted by Gasteiger charge is -2.13. The minimum absolute atomic E-state index is 0.734. The van der Waals surface area contributed by atoms with E-state index in [2.05, 4.69) is 150 Å². The van der Waals surface area contributed by atoms with Gasteiger partial charge < -0.3 is 4.57 Å². The summed E-state index contributed by atoms with van der Waals surface area (Å²) in [5, 5.41) is 4.94. The minimum Gasteiger partial charge on any atom is -0.309 e. The summed E-state index contributed by atoms with van der Waals surface area (Å²) >= 11 is 1.81. The van der Waals surface area contributed by atoms with Crippen LogP contribution in [0.25, 0.3) is 81.6 Å². The summed E-state index contributed by atoms with van der Waals surface area (Å²) in [6, 6.07) is 53.5. The molecule has 9 aromatic rings. The van der Waals surface area contributed by atoms with Crippen molar-refractivity contribution in [2.45, 2.75) is 0 Å². The van der Waals surface area contributed by atoms with Crippen LogP contribution >= 0.6 is 11.3 Å². The lowest BCUT2D eigenvalue weighted by Crippen LogP contribution is -1.99. The van der Waals surface area contributed by atoms with Crippen LogP contribution in [0.2, 0.25) is 0 Å². The van der Waals surface area contributed by atoms with Gasteiger partial charge in [0.15, 0.2) is 5.82 Å². The molecule has 0 radical (unpaired) electrons. The normalized spacial score (nSPS) is 11.6. The molecule has 0 aliphatic carbocycles. The molecule has 0 saturated carbocycles. The third kappa shape index (κ3) is 3.89. The van der Waals surface area contributed by atoms with Gasteiger partial charge in [0.2, 0.25) is 0 Å². The van der Waals surface area contributed by atoms with Crippen LogP contribution in [0.4, 0.5) is 0 Å². The van der Waals surface area contributed by atoms with Crippen LogP contribution in [0.15, 0.2) is 152 Å². The molecule has 0 unspecified atom stereocenters. The van der Waals surface area contributed by atoms with Crippen molar-refractivity contribution >= 4 is 53.3 Å². The van der Waals surface area contributed by atoms with Gasteiger partial charge in [-0.2, -0.15) is 0 Å². The largest absolute Gasteiger partial charge is 0.309 e. The smallest absolute Gasteiger partial charge is 0.161 e. The minimum atomic E-state index is 0.734. The molecule has 6 aromatic carbocycles. The highest BCUT2D eigenvalue weighted by Crippen LogP contribution is 2.41. The Hall–Kier alpha value is -5.58. The van der Waals surface area contributed by atoms with Crippen molar-refractivity contribution in [1.82, 2.24) is 14.5 Å². The van der Waals surface area contributed by atoms with Gasteiger partial charge >= 0.3 is 0 Å². The maximum Gasteiger partial charge on any atom is 0.161 e. The molecule has 0 aliphatic heterocycles. The van der Waals surface area contributed by atoms with E-state index in [1.165, 1.54) is 36.5 Å². The monoisotopic (exact) mass is 579 g/mol. The van der Waals surface area contributed by atoms with Crippen LogP contribution in [0, 0.1) is 0 Å². The van der Waals surface area contributed by atoms with Gasteiger partial charge in [-0.05, 0) is 36.4 Å². The summed E-state index contributed by atoms with van der Waals surface area (Å²) in [5.41, 5.74) is 8.44. The summed E-state index contributed by atoms with van der Waals surface area (Å²) in [4.78, 5) is 10.6. The van der Waals surface area contributed by atoms with Gasteiger partial charge in [-0.1, -0.05) is 115 Å². The lowest BCUT2D eigenvalue weighted by atomic mass is 10.0. The number of thiophene rings is 1. The Morgan fingerprint density at radius 3 is 1.95 bits per heavy atom. The van der Waals surface area contributed by atoms with Crippen LogP contribution in [0.5, 0.6) is 0 Å². The number of benzene rings is 6. The second-order valence-electron chi connectivity index (χ2n) is 11.0. The number of fused-ring (bicyclic) bond motifs is 6. The maximum absolute atomic E-state index is 5.36. The number of para-hydroxylation sites is 3. The fourth-order valence-corrected chi connectivity index (χ4v) is 7.67. The number of aromatic nitrogens is 3. The zero-order valence-corrected chi connectivity index (χ0v) is 24.5. The first-order valence-corrected chi connectivity index (χ1v) is 15.6. The number of hydrogen-bond acceptors (Lipinski definition) is 3. The molecule has 4 heteroatoms. The molecule has 44 heavy (non-hydrogen) atoms. The Morgan fingerprint density at radius 2 is 1.11 bits per heavy atom. The van der Waals surface area contributed by atoms with Crippen molar-refractivity contribution in [3.8, 4) is 39.6 Å². The van der Waals surface area contributed by atoms with E-state index in [1.54, 1.807) is 0 Å². The van der Waals surface area contributed by atoms with E-state index in [-0.39, 0.29) is 0 Å². The average molecular weight is 580 g/mol. The molecule has 0 bridgehead atoms. The second kappa shape index (κ2) is 10.0. The van der Waals surface area contributed by atoms with Gasteiger partial charge in [0.1, 0.15) is 0 Å². The highest BCUT2D eigenvalue weighted by atomic mass is 32.1. The molecule has 0 fully saturated rings. The van der Waals surface area contributed by atoms with E-state index >= 15 is 0 Å². The molecule has 206 valence electrons. The fraction of sp³-hybridized carbons (Fsp3) is 0. The van der Waals surface area contributed by atoms with Gasteiger partial charge in [0.05, 0.1) is 22.4 Å². The Labute approximate surface area is 258 Å². The van der Waals surface area contributed by atoms with Crippen LogP contribution in [-0.4, -0.2) is 14.5 Å². The predicted octanol–water partition coefficient (Wildman–Crippen LogP) is 10.9. The van der Waals surface area contributed by atoms with Crippen LogP contribution in [0.3, 0.4) is 0 Å². The first-order valence-electron chi connectivity index (χ1n) is 14.8. The molecular weight excluding hydrogens is 555 g/mol. The summed E-state index contributed by atoms with van der Waals surface area (Å²) in [7, 11) is 0. The fourth-order valence-electron chi connectivity index (χ4n) is 6.46. The summed E-state index contributed by atoms with van der Waals surface area (Å²) in [6.07, 6.45) is 0. The molecule has 0 spiro atoms. The van der Waals surface area contributed by atoms with Gasteiger partial charge in [0.25, 0.3) is 0 Å². The quantitative estimate of drug-likeness (QED) is 0.208. The van der Waals surface area contributed by atoms with E-state index in [9.17, 15) is 0 Å². The van der Waals surface area contributed by atoms with Crippen LogP contribution in [-0.2, 0) is 0 Å². The van der Waals surface area contributed by atoms with Gasteiger partial charge in [0, 0.05) is 53.3 Å². The molecule has 9 rings (SSSR count). The van der Waals surface area contributed by atoms with Crippen molar-refractivity contribution < 1.29 is 0 Å². The van der Waals surface area contributed by atoms with Crippen molar-refractivity contribution in [2.75, 3.05) is 0 Å². The predicted molar refractivity (Wildman–Crippen MR) is 186 cm³/mol. The van der Waals surface area contributed by atoms with Gasteiger partial charge in [-0.15, -0.1) is 11.3 Å². The van der Waals surface area contributed by atoms with E-state index in [0.717, 1.165) is 45.1 Å². The molecule has 0 N–H and O–H groups in total. The van der Waals surface area contributed by atoms with Crippen molar-refractivity contribution in [2.24, 2.45) is 0 Å². The topological polar surface area (TPSA) is 30.7 Å². The third-order valence-corrected chi connectivity index (χ3v) is 9.65. The molecule has 0 saturated heterocycles. The summed E-state index contributed by atoms with van der Waals surface area (Å²) in [5.74, 6) is 0.734. The van der Waals surface area contributed by atoms with Gasteiger partial charge in [-0.3, -0.25) is 0 Å². The number of hydrogen-bond donors (Lipinski definition) is 0. The van der Waals surface area contributed by atoms with E-state index in [4.69, 9.17) is 9.97 Å². The number of rotatable bonds is 4. The first kappa shape index (κ1) is 25.0. The van der Waals surface area contributed by atoms with Crippen LogP contribution < -0.4 is 0 Å². The first-order chi connectivity index (χ1) is 21.8. The Kier molecular flexibility index (Phi) is 5.68. The van der Waals surface area contributed by atoms with Crippen molar-refractivity contribution in [3.63, 3.8) is 0 Å². The Morgan fingerprint density at radius 1 is 0.477 bits per heavy atom. The average Bonchev–Trinajstić information content (AvgIpc) is 3.65. The molecule has 0 atom stereocenters. The van der Waals surface area contributed by atoms with E-state index in [1.807, 2.05) is 17.4 Å². The summed E-state index contributed by atoms with van der Waals surface area (Å²) < 4.78 is 4.85. The third-order valence-electron chi connectivity index (χ3n) is 8.43. The lowest BCUT2D eigenvalue weighted by molar-refractivity contribution is 1.16. The highest BCUT2D eigenvalue weighted by Gasteiger charge is 2.20. The van der Waals surface area contributed by atoms with E-state index < -0.39 is 0 Å².